The van der Waals surface area contributed by atoms with E-state index in [0.29, 0.717) is 11.6 Å². The SMILES string of the molecule is CC(C)C[C@H](NC(=O)C[NH+](C)CC(=O)Nc1cccc(F)c1)c1ccccc1. The Hall–Kier alpha value is -2.73. The lowest BCUT2D eigenvalue weighted by molar-refractivity contribution is -0.862. The van der Waals surface area contributed by atoms with Crippen LogP contribution in [0.1, 0.15) is 31.9 Å². The molecule has 5 nitrogen and oxygen atoms in total. The number of carbonyl (C=O) groups is 2. The average Bonchev–Trinajstić information content (AvgIpc) is 2.61. The minimum absolute atomic E-state index is 0.0531. The Morgan fingerprint density at radius 3 is 2.32 bits per heavy atom. The van der Waals surface area contributed by atoms with Gasteiger partial charge in [0.15, 0.2) is 13.1 Å². The van der Waals surface area contributed by atoms with Crippen LogP contribution in [0.3, 0.4) is 0 Å². The van der Waals surface area contributed by atoms with Gasteiger partial charge in [-0.05, 0) is 36.1 Å². The number of hydrogen-bond donors (Lipinski definition) is 3. The summed E-state index contributed by atoms with van der Waals surface area (Å²) in [5.74, 6) is -0.342. The van der Waals surface area contributed by atoms with Gasteiger partial charge in [-0.25, -0.2) is 4.39 Å². The number of anilines is 1. The molecule has 0 aliphatic rings. The van der Waals surface area contributed by atoms with Crippen molar-refractivity contribution in [1.82, 2.24) is 5.32 Å². The first-order chi connectivity index (χ1) is 13.3. The van der Waals surface area contributed by atoms with E-state index in [2.05, 4.69) is 24.5 Å². The molecule has 2 atom stereocenters. The zero-order valence-corrected chi connectivity index (χ0v) is 16.7. The molecule has 0 aliphatic carbocycles. The van der Waals surface area contributed by atoms with Gasteiger partial charge in [0.1, 0.15) is 5.82 Å². The Morgan fingerprint density at radius 2 is 1.68 bits per heavy atom. The number of likely N-dealkylation sites (N-methyl/N-ethyl adjacent to an activating group) is 1. The van der Waals surface area contributed by atoms with Crippen LogP contribution in [0.5, 0.6) is 0 Å². The fraction of sp³-hybridized carbons (Fsp3) is 0.364. The standard InChI is InChI=1S/C22H28FN3O2/c1-16(2)12-20(17-8-5-4-6-9-17)25-22(28)15-26(3)14-21(27)24-19-11-7-10-18(23)13-19/h4-11,13,16,20H,12,14-15H2,1-3H3,(H,24,27)(H,25,28)/p+1/t20-/m0/s1. The van der Waals surface area contributed by atoms with E-state index in [1.807, 2.05) is 30.3 Å². The van der Waals surface area contributed by atoms with Gasteiger partial charge in [0.25, 0.3) is 11.8 Å². The van der Waals surface area contributed by atoms with Crippen LogP contribution in [0.15, 0.2) is 54.6 Å². The zero-order chi connectivity index (χ0) is 20.5. The lowest BCUT2D eigenvalue weighted by atomic mass is 9.97. The molecule has 28 heavy (non-hydrogen) atoms. The molecule has 0 saturated heterocycles. The number of hydrogen-bond acceptors (Lipinski definition) is 2. The van der Waals surface area contributed by atoms with Gasteiger partial charge >= 0.3 is 0 Å². The summed E-state index contributed by atoms with van der Waals surface area (Å²) in [6, 6.07) is 15.6. The van der Waals surface area contributed by atoms with E-state index in [4.69, 9.17) is 0 Å². The van der Waals surface area contributed by atoms with Crippen molar-refractivity contribution < 1.29 is 18.9 Å². The Kier molecular flexibility index (Phi) is 8.14. The van der Waals surface area contributed by atoms with Crippen molar-refractivity contribution in [2.24, 2.45) is 5.92 Å². The number of benzene rings is 2. The van der Waals surface area contributed by atoms with Gasteiger partial charge < -0.3 is 15.5 Å². The van der Waals surface area contributed by atoms with Gasteiger partial charge in [0, 0.05) is 5.69 Å². The van der Waals surface area contributed by atoms with E-state index in [0.717, 1.165) is 16.9 Å². The molecule has 0 aromatic heterocycles. The zero-order valence-electron chi connectivity index (χ0n) is 16.7. The number of quaternary nitrogens is 1. The van der Waals surface area contributed by atoms with Gasteiger partial charge in [-0.1, -0.05) is 50.2 Å². The van der Waals surface area contributed by atoms with Crippen LogP contribution in [0.25, 0.3) is 0 Å². The maximum atomic E-state index is 13.2. The molecule has 2 amide bonds. The van der Waals surface area contributed by atoms with Gasteiger partial charge in [-0.3, -0.25) is 9.59 Å². The molecule has 0 fully saturated rings. The van der Waals surface area contributed by atoms with Gasteiger partial charge in [-0.2, -0.15) is 0 Å². The summed E-state index contributed by atoms with van der Waals surface area (Å²) in [6.07, 6.45) is 0.842. The predicted molar refractivity (Wildman–Crippen MR) is 108 cm³/mol. The second kappa shape index (κ2) is 10.6. The van der Waals surface area contributed by atoms with Crippen molar-refractivity contribution >= 4 is 17.5 Å². The van der Waals surface area contributed by atoms with Crippen molar-refractivity contribution in [3.05, 3.63) is 66.0 Å². The molecule has 2 aromatic carbocycles. The molecule has 2 aromatic rings. The number of rotatable bonds is 9. The van der Waals surface area contributed by atoms with Crippen molar-refractivity contribution in [3.63, 3.8) is 0 Å². The minimum Gasteiger partial charge on any atom is -0.344 e. The minimum atomic E-state index is -0.407. The molecular weight excluding hydrogens is 357 g/mol. The monoisotopic (exact) mass is 386 g/mol. The Bertz CT molecular complexity index is 780. The van der Waals surface area contributed by atoms with E-state index in [1.54, 1.807) is 13.1 Å². The summed E-state index contributed by atoms with van der Waals surface area (Å²) in [5, 5.41) is 5.73. The first kappa shape index (κ1) is 21.6. The van der Waals surface area contributed by atoms with Crippen LogP contribution in [-0.4, -0.2) is 32.0 Å². The third-order valence-corrected chi connectivity index (χ3v) is 4.28. The first-order valence-corrected chi connectivity index (χ1v) is 9.54. The molecule has 0 spiro atoms. The fourth-order valence-electron chi connectivity index (χ4n) is 3.06. The van der Waals surface area contributed by atoms with E-state index in [-0.39, 0.29) is 30.9 Å². The summed E-state index contributed by atoms with van der Waals surface area (Å²) in [7, 11) is 1.78. The summed E-state index contributed by atoms with van der Waals surface area (Å²) in [6.45, 7) is 4.54. The Labute approximate surface area is 165 Å². The average molecular weight is 386 g/mol. The van der Waals surface area contributed by atoms with Crippen molar-refractivity contribution in [3.8, 4) is 0 Å². The molecule has 150 valence electrons. The summed E-state index contributed by atoms with van der Waals surface area (Å²) < 4.78 is 13.2. The summed E-state index contributed by atoms with van der Waals surface area (Å²) in [4.78, 5) is 25.4. The molecule has 0 radical (unpaired) electrons. The highest BCUT2D eigenvalue weighted by Crippen LogP contribution is 2.20. The predicted octanol–water partition coefficient (Wildman–Crippen LogP) is 2.18. The number of amides is 2. The van der Waals surface area contributed by atoms with E-state index < -0.39 is 5.82 Å². The fourth-order valence-corrected chi connectivity index (χ4v) is 3.06. The molecule has 2 rings (SSSR count). The lowest BCUT2D eigenvalue weighted by Gasteiger charge is -2.22. The van der Waals surface area contributed by atoms with Gasteiger partial charge in [-0.15, -0.1) is 0 Å². The van der Waals surface area contributed by atoms with Crippen LogP contribution < -0.4 is 15.5 Å². The highest BCUT2D eigenvalue weighted by molar-refractivity contribution is 5.91. The molecule has 0 saturated carbocycles. The first-order valence-electron chi connectivity index (χ1n) is 9.54. The summed E-state index contributed by atoms with van der Waals surface area (Å²) >= 11 is 0. The number of nitrogens with one attached hydrogen (secondary N) is 3. The molecule has 1 unspecified atom stereocenters. The quantitative estimate of drug-likeness (QED) is 0.619. The van der Waals surface area contributed by atoms with Gasteiger partial charge in [0.05, 0.1) is 13.1 Å². The molecular formula is C22H29FN3O2+. The molecule has 0 bridgehead atoms. The van der Waals surface area contributed by atoms with Crippen LogP contribution >= 0.6 is 0 Å². The third kappa shape index (κ3) is 7.48. The molecule has 0 aliphatic heterocycles. The lowest BCUT2D eigenvalue weighted by Crippen LogP contribution is -3.11. The van der Waals surface area contributed by atoms with E-state index in [9.17, 15) is 14.0 Å². The smallest absolute Gasteiger partial charge is 0.279 e. The second-order valence-electron chi connectivity index (χ2n) is 7.53. The third-order valence-electron chi connectivity index (χ3n) is 4.28. The summed E-state index contributed by atoms with van der Waals surface area (Å²) in [5.41, 5.74) is 1.48. The highest BCUT2D eigenvalue weighted by atomic mass is 19.1. The molecule has 3 N–H and O–H groups in total. The number of carbonyl (C=O) groups excluding carboxylic acids is 2. The molecule has 6 heteroatoms. The van der Waals surface area contributed by atoms with E-state index >= 15 is 0 Å². The Morgan fingerprint density at radius 1 is 1.00 bits per heavy atom. The highest BCUT2D eigenvalue weighted by Gasteiger charge is 2.19. The largest absolute Gasteiger partial charge is 0.344 e. The Balaban J connectivity index is 1.87. The van der Waals surface area contributed by atoms with Crippen molar-refractivity contribution in [2.75, 3.05) is 25.5 Å². The maximum absolute atomic E-state index is 13.2. The van der Waals surface area contributed by atoms with Crippen LogP contribution in [-0.2, 0) is 9.59 Å². The maximum Gasteiger partial charge on any atom is 0.279 e. The van der Waals surface area contributed by atoms with Crippen molar-refractivity contribution in [1.29, 1.82) is 0 Å². The van der Waals surface area contributed by atoms with Crippen molar-refractivity contribution in [2.45, 2.75) is 26.3 Å². The van der Waals surface area contributed by atoms with Crippen LogP contribution in [0.4, 0.5) is 10.1 Å². The van der Waals surface area contributed by atoms with Gasteiger partial charge in [0.2, 0.25) is 0 Å². The topological polar surface area (TPSA) is 62.6 Å². The van der Waals surface area contributed by atoms with E-state index in [1.165, 1.54) is 18.2 Å². The number of halogens is 1. The normalized spacial score (nSPS) is 13.0. The second-order valence-corrected chi connectivity index (χ2v) is 7.53. The molecule has 0 heterocycles. The van der Waals surface area contributed by atoms with Crippen LogP contribution in [0.2, 0.25) is 0 Å². The van der Waals surface area contributed by atoms with Crippen LogP contribution in [0, 0.1) is 11.7 Å².